The summed E-state index contributed by atoms with van der Waals surface area (Å²) in [6, 6.07) is 8.09. The quantitative estimate of drug-likeness (QED) is 0.758. The lowest BCUT2D eigenvalue weighted by atomic mass is 10.3. The van der Waals surface area contributed by atoms with Crippen LogP contribution in [-0.4, -0.2) is 33.8 Å². The molecule has 0 aliphatic carbocycles. The minimum atomic E-state index is -0.578. The van der Waals surface area contributed by atoms with Crippen LogP contribution in [0.25, 0.3) is 11.0 Å². The van der Waals surface area contributed by atoms with Gasteiger partial charge >= 0.3 is 0 Å². The topological polar surface area (TPSA) is 30.7 Å². The summed E-state index contributed by atoms with van der Waals surface area (Å²) in [5, 5.41) is 8.30. The zero-order chi connectivity index (χ0) is 10.2. The first-order chi connectivity index (χ1) is 6.56. The molecule has 0 bridgehead atoms. The van der Waals surface area contributed by atoms with Gasteiger partial charge in [0.05, 0.1) is 11.4 Å². The van der Waals surface area contributed by atoms with Gasteiger partial charge in [-0.25, -0.2) is 14.7 Å². The number of aromatic nitrogens is 3. The van der Waals surface area contributed by atoms with Crippen LogP contribution in [0.15, 0.2) is 24.3 Å². The molecule has 0 radical (unpaired) electrons. The van der Waals surface area contributed by atoms with E-state index in [2.05, 4.69) is 35.1 Å². The Morgan fingerprint density at radius 3 is 2.64 bits per heavy atom. The van der Waals surface area contributed by atoms with Crippen molar-refractivity contribution in [3.8, 4) is 0 Å². The summed E-state index contributed by atoms with van der Waals surface area (Å²) in [4.78, 5) is 0. The van der Waals surface area contributed by atoms with Gasteiger partial charge in [0.2, 0.25) is 0 Å². The van der Waals surface area contributed by atoms with E-state index in [1.807, 2.05) is 22.9 Å². The molecule has 0 aliphatic heterocycles. The van der Waals surface area contributed by atoms with Gasteiger partial charge in [-0.1, -0.05) is 17.3 Å². The van der Waals surface area contributed by atoms with Crippen LogP contribution in [0.2, 0.25) is 0 Å². The number of hydrogen-bond acceptors (Lipinski definition) is 2. The average Bonchev–Trinajstić information content (AvgIpc) is 2.47. The fourth-order valence-corrected chi connectivity index (χ4v) is 2.30. The van der Waals surface area contributed by atoms with E-state index in [0.717, 1.165) is 16.9 Å². The molecule has 0 saturated carbocycles. The van der Waals surface area contributed by atoms with Crippen molar-refractivity contribution >= 4 is 21.1 Å². The maximum Gasteiger partial charge on any atom is 0.113 e. The standard InChI is InChI=1S/C10H15N3S/c1-14(2,3)8-13-10-7-5-4-6-9(10)11-12-13/h4-7H,8H2,1-3H3. The highest BCUT2D eigenvalue weighted by atomic mass is 32.3. The van der Waals surface area contributed by atoms with Crippen molar-refractivity contribution in [3.05, 3.63) is 24.3 Å². The highest BCUT2D eigenvalue weighted by molar-refractivity contribution is 8.31. The summed E-state index contributed by atoms with van der Waals surface area (Å²) in [6.07, 6.45) is 6.84. The van der Waals surface area contributed by atoms with Gasteiger partial charge in [0.25, 0.3) is 0 Å². The SMILES string of the molecule is CS(C)(C)Cn1nnc2ccccc21. The molecule has 2 rings (SSSR count). The zero-order valence-corrected chi connectivity index (χ0v) is 9.58. The van der Waals surface area contributed by atoms with E-state index in [0.29, 0.717) is 0 Å². The number of nitrogens with zero attached hydrogens (tertiary/aromatic N) is 3. The maximum absolute atomic E-state index is 4.17. The van der Waals surface area contributed by atoms with E-state index in [1.54, 1.807) is 0 Å². The van der Waals surface area contributed by atoms with Crippen molar-refractivity contribution in [2.24, 2.45) is 0 Å². The van der Waals surface area contributed by atoms with Crippen LogP contribution in [-0.2, 0) is 5.88 Å². The molecule has 0 saturated heterocycles. The molecule has 0 atom stereocenters. The summed E-state index contributed by atoms with van der Waals surface area (Å²) in [5.41, 5.74) is 2.12. The first-order valence-corrected chi connectivity index (χ1v) is 7.53. The molecule has 0 spiro atoms. The predicted molar refractivity (Wildman–Crippen MR) is 62.9 cm³/mol. The molecule has 0 amide bonds. The van der Waals surface area contributed by atoms with Crippen molar-refractivity contribution in [3.63, 3.8) is 0 Å². The van der Waals surface area contributed by atoms with Crippen LogP contribution >= 0.6 is 10.0 Å². The van der Waals surface area contributed by atoms with E-state index >= 15 is 0 Å². The number of fused-ring (bicyclic) bond motifs is 1. The summed E-state index contributed by atoms with van der Waals surface area (Å²) in [6.45, 7) is 0. The molecule has 4 heteroatoms. The predicted octanol–water partition coefficient (Wildman–Crippen LogP) is 2.08. The summed E-state index contributed by atoms with van der Waals surface area (Å²) in [5.74, 6) is 0.980. The Labute approximate surface area is 85.4 Å². The molecule has 1 heterocycles. The first-order valence-electron chi connectivity index (χ1n) is 4.50. The Morgan fingerprint density at radius 2 is 1.93 bits per heavy atom. The second kappa shape index (κ2) is 3.28. The van der Waals surface area contributed by atoms with Crippen LogP contribution in [0.3, 0.4) is 0 Å². The third-order valence-electron chi connectivity index (χ3n) is 1.93. The molecule has 0 aliphatic rings. The number of benzene rings is 1. The molecule has 3 nitrogen and oxygen atoms in total. The minimum absolute atomic E-state index is 0.578. The molecular formula is C10H15N3S. The van der Waals surface area contributed by atoms with E-state index < -0.39 is 10.0 Å². The molecule has 14 heavy (non-hydrogen) atoms. The zero-order valence-electron chi connectivity index (χ0n) is 8.77. The smallest absolute Gasteiger partial charge is 0.113 e. The van der Waals surface area contributed by atoms with Gasteiger partial charge in [-0.15, -0.1) is 5.10 Å². The van der Waals surface area contributed by atoms with Gasteiger partial charge in [-0.3, -0.25) is 0 Å². The number of para-hydroxylation sites is 1. The van der Waals surface area contributed by atoms with Gasteiger partial charge in [-0.2, -0.15) is 0 Å². The molecule has 0 unspecified atom stereocenters. The first kappa shape index (κ1) is 9.52. The fraction of sp³-hybridized carbons (Fsp3) is 0.400. The van der Waals surface area contributed by atoms with Gasteiger partial charge in [0.15, 0.2) is 0 Å². The summed E-state index contributed by atoms with van der Waals surface area (Å²) >= 11 is 0. The Balaban J connectivity index is 2.44. The molecule has 1 aromatic carbocycles. The second-order valence-corrected chi connectivity index (χ2v) is 8.74. The van der Waals surface area contributed by atoms with Crippen LogP contribution < -0.4 is 0 Å². The molecular weight excluding hydrogens is 194 g/mol. The number of hydrogen-bond donors (Lipinski definition) is 0. The Hall–Kier alpha value is -1.03. The Bertz CT molecular complexity index is 442. The van der Waals surface area contributed by atoms with Gasteiger partial charge in [0, 0.05) is 0 Å². The van der Waals surface area contributed by atoms with Crippen molar-refractivity contribution in [2.45, 2.75) is 5.88 Å². The minimum Gasteiger partial charge on any atom is -0.236 e. The molecule has 2 aromatic rings. The average molecular weight is 209 g/mol. The Morgan fingerprint density at radius 1 is 1.21 bits per heavy atom. The van der Waals surface area contributed by atoms with Crippen LogP contribution in [0.4, 0.5) is 0 Å². The Kier molecular flexibility index (Phi) is 2.23. The second-order valence-electron chi connectivity index (χ2n) is 4.30. The normalized spacial score (nSPS) is 13.4. The highest BCUT2D eigenvalue weighted by Gasteiger charge is 2.09. The van der Waals surface area contributed by atoms with Gasteiger partial charge < -0.3 is 0 Å². The highest BCUT2D eigenvalue weighted by Crippen LogP contribution is 2.36. The third kappa shape index (κ3) is 1.90. The maximum atomic E-state index is 4.17. The van der Waals surface area contributed by atoms with Crippen LogP contribution in [0, 0.1) is 0 Å². The van der Waals surface area contributed by atoms with Crippen molar-refractivity contribution in [1.29, 1.82) is 0 Å². The summed E-state index contributed by atoms with van der Waals surface area (Å²) in [7, 11) is -0.578. The van der Waals surface area contributed by atoms with Crippen LogP contribution in [0.1, 0.15) is 0 Å². The van der Waals surface area contributed by atoms with Crippen molar-refractivity contribution in [2.75, 3.05) is 18.8 Å². The monoisotopic (exact) mass is 209 g/mol. The van der Waals surface area contributed by atoms with Crippen molar-refractivity contribution in [1.82, 2.24) is 15.0 Å². The lowest BCUT2D eigenvalue weighted by molar-refractivity contribution is 0.719. The third-order valence-corrected chi connectivity index (χ3v) is 2.95. The van der Waals surface area contributed by atoms with Crippen LogP contribution in [0.5, 0.6) is 0 Å². The van der Waals surface area contributed by atoms with E-state index in [9.17, 15) is 0 Å². The van der Waals surface area contributed by atoms with Gasteiger partial charge in [-0.05, 0) is 30.9 Å². The molecule has 0 fully saturated rings. The molecule has 76 valence electrons. The van der Waals surface area contributed by atoms with E-state index in [1.165, 1.54) is 0 Å². The molecule has 1 aromatic heterocycles. The number of rotatable bonds is 2. The van der Waals surface area contributed by atoms with E-state index in [-0.39, 0.29) is 0 Å². The van der Waals surface area contributed by atoms with Crippen molar-refractivity contribution < 1.29 is 0 Å². The lowest BCUT2D eigenvalue weighted by Crippen LogP contribution is -2.06. The largest absolute Gasteiger partial charge is 0.236 e. The van der Waals surface area contributed by atoms with E-state index in [4.69, 9.17) is 0 Å². The fourth-order valence-electron chi connectivity index (χ4n) is 1.38. The molecule has 0 N–H and O–H groups in total. The van der Waals surface area contributed by atoms with Gasteiger partial charge in [0.1, 0.15) is 5.52 Å². The summed E-state index contributed by atoms with van der Waals surface area (Å²) < 4.78 is 2.00. The lowest BCUT2D eigenvalue weighted by Gasteiger charge is -2.24.